The van der Waals surface area contributed by atoms with Crippen LogP contribution < -0.4 is 4.74 Å². The third kappa shape index (κ3) is 3.37. The van der Waals surface area contributed by atoms with Crippen molar-refractivity contribution in [3.8, 4) is 5.75 Å². The van der Waals surface area contributed by atoms with Crippen molar-refractivity contribution >= 4 is 5.97 Å². The van der Waals surface area contributed by atoms with E-state index < -0.39 is 0 Å². The van der Waals surface area contributed by atoms with Crippen LogP contribution in [0.15, 0.2) is 29.8 Å². The summed E-state index contributed by atoms with van der Waals surface area (Å²) in [5.41, 5.74) is 3.49. The highest BCUT2D eigenvalue weighted by atomic mass is 16.5. The summed E-state index contributed by atoms with van der Waals surface area (Å²) in [6.45, 7) is 2.33. The molecule has 0 amide bonds. The summed E-state index contributed by atoms with van der Waals surface area (Å²) in [6, 6.07) is 6.25. The minimum Gasteiger partial charge on any atom is -0.490 e. The van der Waals surface area contributed by atoms with Gasteiger partial charge >= 0.3 is 5.97 Å². The standard InChI is InChI=1S/C16H20O3/c1-3-12(16(17)18-2)9-10-19-15-8-7-13-5-4-6-14(13)11-15/h7-9,11H,3-6,10H2,1-2H3. The molecule has 19 heavy (non-hydrogen) atoms. The predicted octanol–water partition coefficient (Wildman–Crippen LogP) is 3.06. The minimum absolute atomic E-state index is 0.278. The predicted molar refractivity (Wildman–Crippen MR) is 74.4 cm³/mol. The molecule has 102 valence electrons. The van der Waals surface area contributed by atoms with E-state index in [-0.39, 0.29) is 5.97 Å². The average Bonchev–Trinajstić information content (AvgIpc) is 2.90. The molecule has 0 N–H and O–H groups in total. The summed E-state index contributed by atoms with van der Waals surface area (Å²) in [5, 5.41) is 0. The van der Waals surface area contributed by atoms with Crippen LogP contribution in [0.1, 0.15) is 30.9 Å². The number of rotatable bonds is 5. The number of carbonyl (C=O) groups excluding carboxylic acids is 1. The monoisotopic (exact) mass is 260 g/mol. The molecule has 0 bridgehead atoms. The van der Waals surface area contributed by atoms with Gasteiger partial charge in [-0.1, -0.05) is 13.0 Å². The number of carbonyl (C=O) groups is 1. The fraction of sp³-hybridized carbons (Fsp3) is 0.438. The molecular formula is C16H20O3. The van der Waals surface area contributed by atoms with Gasteiger partial charge in [-0.15, -0.1) is 0 Å². The maximum Gasteiger partial charge on any atom is 0.333 e. The van der Waals surface area contributed by atoms with Crippen molar-refractivity contribution < 1.29 is 14.3 Å². The highest BCUT2D eigenvalue weighted by molar-refractivity contribution is 5.88. The first-order valence-corrected chi connectivity index (χ1v) is 6.76. The summed E-state index contributed by atoms with van der Waals surface area (Å²) in [4.78, 5) is 11.4. The molecule has 0 unspecified atom stereocenters. The Balaban J connectivity index is 1.95. The van der Waals surface area contributed by atoms with Crippen LogP contribution in [0.4, 0.5) is 0 Å². The number of aryl methyl sites for hydroxylation is 2. The lowest BCUT2D eigenvalue weighted by atomic mass is 10.1. The molecule has 0 fully saturated rings. The van der Waals surface area contributed by atoms with Gasteiger partial charge in [0.2, 0.25) is 0 Å². The van der Waals surface area contributed by atoms with Crippen molar-refractivity contribution in [3.63, 3.8) is 0 Å². The van der Waals surface area contributed by atoms with Gasteiger partial charge in [-0.2, -0.15) is 0 Å². The first-order valence-electron chi connectivity index (χ1n) is 6.76. The summed E-state index contributed by atoms with van der Waals surface area (Å²) in [5.74, 6) is 0.595. The zero-order chi connectivity index (χ0) is 13.7. The maximum atomic E-state index is 11.4. The third-order valence-corrected chi connectivity index (χ3v) is 3.48. The van der Waals surface area contributed by atoms with Crippen molar-refractivity contribution in [2.75, 3.05) is 13.7 Å². The molecule has 2 rings (SSSR count). The largest absolute Gasteiger partial charge is 0.490 e. The highest BCUT2D eigenvalue weighted by Gasteiger charge is 2.11. The molecular weight excluding hydrogens is 240 g/mol. The zero-order valence-electron chi connectivity index (χ0n) is 11.6. The topological polar surface area (TPSA) is 35.5 Å². The Morgan fingerprint density at radius 2 is 2.11 bits per heavy atom. The molecule has 1 aromatic rings. The molecule has 1 aliphatic carbocycles. The molecule has 1 aromatic carbocycles. The number of fused-ring (bicyclic) bond motifs is 1. The Morgan fingerprint density at radius 1 is 1.32 bits per heavy atom. The van der Waals surface area contributed by atoms with E-state index in [0.717, 1.165) is 12.2 Å². The van der Waals surface area contributed by atoms with Crippen LogP contribution in [-0.2, 0) is 22.4 Å². The molecule has 1 aliphatic rings. The Kier molecular flexibility index (Phi) is 4.61. The average molecular weight is 260 g/mol. The van der Waals surface area contributed by atoms with Crippen molar-refractivity contribution in [1.29, 1.82) is 0 Å². The fourth-order valence-electron chi connectivity index (χ4n) is 2.38. The van der Waals surface area contributed by atoms with Gasteiger partial charge in [-0.3, -0.25) is 0 Å². The van der Waals surface area contributed by atoms with Gasteiger partial charge in [-0.25, -0.2) is 4.79 Å². The summed E-state index contributed by atoms with van der Waals surface area (Å²) < 4.78 is 10.4. The Hall–Kier alpha value is -1.77. The Morgan fingerprint density at radius 3 is 2.84 bits per heavy atom. The van der Waals surface area contributed by atoms with E-state index in [1.807, 2.05) is 13.0 Å². The van der Waals surface area contributed by atoms with Gasteiger partial charge in [0.05, 0.1) is 7.11 Å². The van der Waals surface area contributed by atoms with Crippen LogP contribution in [-0.4, -0.2) is 19.7 Å². The minimum atomic E-state index is -0.278. The molecule has 3 nitrogen and oxygen atoms in total. The summed E-state index contributed by atoms with van der Waals surface area (Å²) in [7, 11) is 1.40. The van der Waals surface area contributed by atoms with Gasteiger partial charge in [0.15, 0.2) is 0 Å². The number of hydrogen-bond donors (Lipinski definition) is 0. The van der Waals surface area contributed by atoms with Crippen LogP contribution in [0.2, 0.25) is 0 Å². The van der Waals surface area contributed by atoms with E-state index in [0.29, 0.717) is 18.6 Å². The van der Waals surface area contributed by atoms with Gasteiger partial charge in [0.1, 0.15) is 12.4 Å². The normalized spacial score (nSPS) is 14.1. The quantitative estimate of drug-likeness (QED) is 0.603. The first kappa shape index (κ1) is 13.7. The molecule has 0 radical (unpaired) electrons. The smallest absolute Gasteiger partial charge is 0.333 e. The molecule has 0 aliphatic heterocycles. The van der Waals surface area contributed by atoms with E-state index in [1.165, 1.54) is 31.1 Å². The molecule has 0 atom stereocenters. The molecule has 0 spiro atoms. The number of hydrogen-bond acceptors (Lipinski definition) is 3. The zero-order valence-corrected chi connectivity index (χ0v) is 11.6. The van der Waals surface area contributed by atoms with Crippen LogP contribution in [0.5, 0.6) is 5.75 Å². The van der Waals surface area contributed by atoms with E-state index in [2.05, 4.69) is 12.1 Å². The van der Waals surface area contributed by atoms with Crippen molar-refractivity contribution in [3.05, 3.63) is 41.0 Å². The molecule has 3 heteroatoms. The molecule has 0 saturated heterocycles. The molecule has 0 saturated carbocycles. The van der Waals surface area contributed by atoms with E-state index in [9.17, 15) is 4.79 Å². The highest BCUT2D eigenvalue weighted by Crippen LogP contribution is 2.26. The van der Waals surface area contributed by atoms with Gasteiger partial charge in [-0.05, 0) is 55.0 Å². The van der Waals surface area contributed by atoms with E-state index >= 15 is 0 Å². The van der Waals surface area contributed by atoms with Gasteiger partial charge in [0, 0.05) is 5.57 Å². The number of esters is 1. The van der Waals surface area contributed by atoms with Crippen LogP contribution in [0.25, 0.3) is 0 Å². The lowest BCUT2D eigenvalue weighted by Gasteiger charge is -2.07. The first-order chi connectivity index (χ1) is 9.24. The lowest BCUT2D eigenvalue weighted by molar-refractivity contribution is -0.136. The lowest BCUT2D eigenvalue weighted by Crippen LogP contribution is -2.06. The second-order valence-corrected chi connectivity index (χ2v) is 4.67. The molecule has 0 aromatic heterocycles. The van der Waals surface area contributed by atoms with Crippen LogP contribution >= 0.6 is 0 Å². The molecule has 0 heterocycles. The number of benzene rings is 1. The fourth-order valence-corrected chi connectivity index (χ4v) is 2.38. The summed E-state index contributed by atoms with van der Waals surface area (Å²) >= 11 is 0. The third-order valence-electron chi connectivity index (χ3n) is 3.48. The van der Waals surface area contributed by atoms with Crippen LogP contribution in [0.3, 0.4) is 0 Å². The van der Waals surface area contributed by atoms with Crippen LogP contribution in [0, 0.1) is 0 Å². The number of methoxy groups -OCH3 is 1. The second-order valence-electron chi connectivity index (χ2n) is 4.67. The van der Waals surface area contributed by atoms with Crippen molar-refractivity contribution in [1.82, 2.24) is 0 Å². The summed E-state index contributed by atoms with van der Waals surface area (Å²) in [6.07, 6.45) is 6.00. The Bertz CT molecular complexity index is 489. The Labute approximate surface area is 114 Å². The van der Waals surface area contributed by atoms with E-state index in [1.54, 1.807) is 6.08 Å². The van der Waals surface area contributed by atoms with Crippen molar-refractivity contribution in [2.45, 2.75) is 32.6 Å². The van der Waals surface area contributed by atoms with Crippen molar-refractivity contribution in [2.24, 2.45) is 0 Å². The van der Waals surface area contributed by atoms with Gasteiger partial charge < -0.3 is 9.47 Å². The maximum absolute atomic E-state index is 11.4. The van der Waals surface area contributed by atoms with Gasteiger partial charge in [0.25, 0.3) is 0 Å². The number of ether oxygens (including phenoxy) is 2. The second kappa shape index (κ2) is 6.41. The SMILES string of the molecule is CCC(=CCOc1ccc2c(c1)CCC2)C(=O)OC. The van der Waals surface area contributed by atoms with E-state index in [4.69, 9.17) is 9.47 Å².